The number of Topliss-reactive ketones (excluding diaryl/α,β-unsaturated/α-hetero) is 2. The zero-order valence-corrected chi connectivity index (χ0v) is 20.5. The summed E-state index contributed by atoms with van der Waals surface area (Å²) in [7, 11) is 0. The first-order valence-electron chi connectivity index (χ1n) is 13.1. The molecule has 0 saturated heterocycles. The van der Waals surface area contributed by atoms with Crippen LogP contribution in [0.2, 0.25) is 0 Å². The van der Waals surface area contributed by atoms with E-state index in [2.05, 4.69) is 23.8 Å². The number of ketones is 2. The molecule has 1 aromatic heterocycles. The molecule has 2 unspecified atom stereocenters. The highest BCUT2D eigenvalue weighted by atomic mass is 16.1. The van der Waals surface area contributed by atoms with E-state index in [1.54, 1.807) is 0 Å². The smallest absolute Gasteiger partial charge is 0.159 e. The molecule has 2 aromatic rings. The highest BCUT2D eigenvalue weighted by molar-refractivity contribution is 6.03. The second kappa shape index (κ2) is 13.4. The number of hydrogen-bond acceptors (Lipinski definition) is 4. The number of rotatable bonds is 13. The van der Waals surface area contributed by atoms with E-state index in [1.165, 1.54) is 44.1 Å². The number of carbonyl (C=O) groups is 2. The largest absolute Gasteiger partial charge is 0.299 e. The van der Waals surface area contributed by atoms with Crippen molar-refractivity contribution in [3.05, 3.63) is 47.8 Å². The fourth-order valence-electron chi connectivity index (χ4n) is 4.93. The minimum atomic E-state index is -0.402. The van der Waals surface area contributed by atoms with Crippen LogP contribution in [0.15, 0.2) is 36.7 Å². The molecule has 178 valence electrons. The highest BCUT2D eigenvalue weighted by Crippen LogP contribution is 2.30. The second-order valence-electron chi connectivity index (χ2n) is 9.73. The molecule has 0 radical (unpaired) electrons. The van der Waals surface area contributed by atoms with Gasteiger partial charge in [-0.25, -0.2) is 9.97 Å². The first-order chi connectivity index (χ1) is 16.1. The molecule has 1 fully saturated rings. The lowest BCUT2D eigenvalue weighted by Crippen LogP contribution is -2.31. The fourth-order valence-corrected chi connectivity index (χ4v) is 4.93. The number of aryl methyl sites for hydroxylation is 1. The van der Waals surface area contributed by atoms with Crippen LogP contribution in [0.4, 0.5) is 0 Å². The van der Waals surface area contributed by atoms with Gasteiger partial charge in [0.1, 0.15) is 11.6 Å². The normalized spacial score (nSPS) is 18.4. The van der Waals surface area contributed by atoms with Gasteiger partial charge < -0.3 is 0 Å². The van der Waals surface area contributed by atoms with E-state index < -0.39 is 5.92 Å². The average molecular weight is 449 g/mol. The summed E-state index contributed by atoms with van der Waals surface area (Å²) in [6.07, 6.45) is 17.5. The molecule has 2 atom stereocenters. The molecule has 33 heavy (non-hydrogen) atoms. The number of benzene rings is 1. The zero-order chi connectivity index (χ0) is 23.5. The summed E-state index contributed by atoms with van der Waals surface area (Å²) < 4.78 is 0. The second-order valence-corrected chi connectivity index (χ2v) is 9.73. The first-order valence-corrected chi connectivity index (χ1v) is 13.1. The molecule has 0 aliphatic heterocycles. The Hall–Kier alpha value is -2.36. The third-order valence-electron chi connectivity index (χ3n) is 6.94. The van der Waals surface area contributed by atoms with Gasteiger partial charge in [0.2, 0.25) is 0 Å². The van der Waals surface area contributed by atoms with Gasteiger partial charge in [0.25, 0.3) is 0 Å². The molecule has 0 amide bonds. The monoisotopic (exact) mass is 448 g/mol. The van der Waals surface area contributed by atoms with Crippen molar-refractivity contribution in [2.24, 2.45) is 11.8 Å². The maximum absolute atomic E-state index is 12.7. The summed E-state index contributed by atoms with van der Waals surface area (Å²) in [6.45, 7) is 4.40. The topological polar surface area (TPSA) is 59.9 Å². The van der Waals surface area contributed by atoms with Crippen molar-refractivity contribution in [2.45, 2.75) is 97.3 Å². The van der Waals surface area contributed by atoms with E-state index in [-0.39, 0.29) is 11.6 Å². The molecule has 0 N–H and O–H groups in total. The van der Waals surface area contributed by atoms with Gasteiger partial charge >= 0.3 is 0 Å². The lowest BCUT2D eigenvalue weighted by molar-refractivity contribution is -0.135. The quantitative estimate of drug-likeness (QED) is 0.246. The molecule has 1 aliphatic rings. The number of unbranched alkanes of at least 4 members (excludes halogenated alkanes) is 5. The summed E-state index contributed by atoms with van der Waals surface area (Å²) >= 11 is 0. The molecular formula is C29H40N2O2. The Kier molecular flexibility index (Phi) is 10.2. The molecular weight excluding hydrogens is 408 g/mol. The van der Waals surface area contributed by atoms with Crippen molar-refractivity contribution in [2.75, 3.05) is 0 Å². The van der Waals surface area contributed by atoms with Gasteiger partial charge in [0.05, 0.1) is 5.92 Å². The van der Waals surface area contributed by atoms with E-state index in [1.807, 2.05) is 36.7 Å². The molecule has 1 saturated carbocycles. The van der Waals surface area contributed by atoms with Crippen LogP contribution >= 0.6 is 0 Å². The minimum Gasteiger partial charge on any atom is -0.299 e. The zero-order valence-electron chi connectivity index (χ0n) is 20.5. The lowest BCUT2D eigenvalue weighted by atomic mass is 9.76. The van der Waals surface area contributed by atoms with Crippen LogP contribution in [0, 0.1) is 11.8 Å². The summed E-state index contributed by atoms with van der Waals surface area (Å²) in [5.41, 5.74) is 3.09. The van der Waals surface area contributed by atoms with Crippen molar-refractivity contribution >= 4 is 11.6 Å². The maximum Gasteiger partial charge on any atom is 0.159 e. The van der Waals surface area contributed by atoms with Gasteiger partial charge in [-0.2, -0.15) is 0 Å². The third kappa shape index (κ3) is 7.87. The average Bonchev–Trinajstić information content (AvgIpc) is 2.82. The Morgan fingerprint density at radius 3 is 2.24 bits per heavy atom. The summed E-state index contributed by atoms with van der Waals surface area (Å²) in [5, 5.41) is 0. The molecule has 0 bridgehead atoms. The van der Waals surface area contributed by atoms with Crippen LogP contribution in [0.1, 0.15) is 95.6 Å². The predicted octanol–water partition coefficient (Wildman–Crippen LogP) is 6.94. The summed E-state index contributed by atoms with van der Waals surface area (Å²) in [4.78, 5) is 34.3. The molecule has 4 nitrogen and oxygen atoms in total. The SMILES string of the molecule is CCCCCCCCc1cnc(-c2ccc(CC(=O)C3CCC(CCC)CC3=O)cc2)nc1. The molecule has 0 spiro atoms. The van der Waals surface area contributed by atoms with E-state index >= 15 is 0 Å². The Bertz CT molecular complexity index is 873. The molecule has 3 rings (SSSR count). The van der Waals surface area contributed by atoms with Crippen LogP contribution < -0.4 is 0 Å². The first kappa shape index (κ1) is 25.3. The van der Waals surface area contributed by atoms with Crippen molar-refractivity contribution in [3.8, 4) is 11.4 Å². The van der Waals surface area contributed by atoms with Gasteiger partial charge in [0.15, 0.2) is 5.82 Å². The Labute approximate surface area is 199 Å². The standard InChI is InChI=1S/C29H40N2O2/c1-3-5-6-7-8-9-11-24-20-30-29(31-21-24)25-15-12-23(13-16-25)19-28(33)26-17-14-22(10-4-2)18-27(26)32/h12-13,15-16,20-22,26H,3-11,14,17-19H2,1-2H3. The molecule has 1 aliphatic carbocycles. The predicted molar refractivity (Wildman–Crippen MR) is 134 cm³/mol. The fraction of sp³-hybridized carbons (Fsp3) is 0.586. The van der Waals surface area contributed by atoms with Crippen LogP contribution in [0.5, 0.6) is 0 Å². The number of nitrogens with zero attached hydrogens (tertiary/aromatic N) is 2. The van der Waals surface area contributed by atoms with Crippen molar-refractivity contribution in [1.82, 2.24) is 9.97 Å². The van der Waals surface area contributed by atoms with Crippen LogP contribution in [-0.4, -0.2) is 21.5 Å². The third-order valence-corrected chi connectivity index (χ3v) is 6.94. The number of hydrogen-bond donors (Lipinski definition) is 0. The Morgan fingerprint density at radius 2 is 1.58 bits per heavy atom. The maximum atomic E-state index is 12.7. The molecule has 1 aromatic carbocycles. The van der Waals surface area contributed by atoms with Crippen molar-refractivity contribution < 1.29 is 9.59 Å². The number of aromatic nitrogens is 2. The van der Waals surface area contributed by atoms with Gasteiger partial charge in [0, 0.05) is 30.8 Å². The number of carbonyl (C=O) groups excluding carboxylic acids is 2. The van der Waals surface area contributed by atoms with Crippen LogP contribution in [0.25, 0.3) is 11.4 Å². The van der Waals surface area contributed by atoms with Gasteiger partial charge in [-0.15, -0.1) is 0 Å². The van der Waals surface area contributed by atoms with Crippen molar-refractivity contribution in [3.63, 3.8) is 0 Å². The van der Waals surface area contributed by atoms with Gasteiger partial charge in [-0.3, -0.25) is 9.59 Å². The van der Waals surface area contributed by atoms with E-state index in [0.29, 0.717) is 24.6 Å². The highest BCUT2D eigenvalue weighted by Gasteiger charge is 2.32. The van der Waals surface area contributed by atoms with E-state index in [9.17, 15) is 9.59 Å². The molecule has 1 heterocycles. The van der Waals surface area contributed by atoms with Gasteiger partial charge in [-0.1, -0.05) is 83.1 Å². The summed E-state index contributed by atoms with van der Waals surface area (Å²) in [5.74, 6) is 1.00. The van der Waals surface area contributed by atoms with Crippen LogP contribution in [-0.2, 0) is 22.4 Å². The minimum absolute atomic E-state index is 0.0676. The Morgan fingerprint density at radius 1 is 0.879 bits per heavy atom. The lowest BCUT2D eigenvalue weighted by Gasteiger charge is -2.26. The van der Waals surface area contributed by atoms with E-state index in [4.69, 9.17) is 0 Å². The van der Waals surface area contributed by atoms with Gasteiger partial charge in [-0.05, 0) is 42.7 Å². The van der Waals surface area contributed by atoms with Crippen LogP contribution in [0.3, 0.4) is 0 Å². The van der Waals surface area contributed by atoms with Crippen molar-refractivity contribution in [1.29, 1.82) is 0 Å². The molecule has 4 heteroatoms. The van der Waals surface area contributed by atoms with E-state index in [0.717, 1.165) is 43.2 Å². The summed E-state index contributed by atoms with van der Waals surface area (Å²) in [6, 6.07) is 7.89. The Balaban J connectivity index is 1.48.